The van der Waals surface area contributed by atoms with Crippen molar-refractivity contribution >= 4 is 34.4 Å². The molecular weight excluding hydrogens is 293 g/mol. The number of nitrogens with zero attached hydrogens (tertiary/aromatic N) is 3. The molecule has 2 aromatic rings. The lowest BCUT2D eigenvalue weighted by Gasteiger charge is -2.04. The lowest BCUT2D eigenvalue weighted by molar-refractivity contribution is 0.588. The van der Waals surface area contributed by atoms with Crippen molar-refractivity contribution in [1.82, 2.24) is 14.8 Å². The quantitative estimate of drug-likeness (QED) is 0.819. The molecule has 95 valence electrons. The molecule has 0 N–H and O–H groups in total. The van der Waals surface area contributed by atoms with Crippen LogP contribution in [0.2, 0.25) is 10.0 Å². The average Bonchev–Trinajstić information content (AvgIpc) is 2.74. The Morgan fingerprint density at radius 3 is 2.72 bits per heavy atom. The van der Waals surface area contributed by atoms with Gasteiger partial charge >= 0.3 is 5.16 Å². The Kier molecular flexibility index (Phi) is 4.17. The third kappa shape index (κ3) is 2.64. The van der Waals surface area contributed by atoms with Gasteiger partial charge in [0.1, 0.15) is 11.6 Å². The minimum absolute atomic E-state index is 0.241. The van der Waals surface area contributed by atoms with Crippen LogP contribution in [-0.2, 0) is 11.2 Å². The highest BCUT2D eigenvalue weighted by Gasteiger charge is 2.18. The van der Waals surface area contributed by atoms with Crippen LogP contribution in [0, 0.1) is 13.8 Å². The van der Waals surface area contributed by atoms with Crippen LogP contribution in [0.1, 0.15) is 5.82 Å². The van der Waals surface area contributed by atoms with Gasteiger partial charge < -0.3 is 4.55 Å². The van der Waals surface area contributed by atoms with Gasteiger partial charge in [0.05, 0.1) is 15.7 Å². The highest BCUT2D eigenvalue weighted by Crippen LogP contribution is 2.24. The molecule has 0 amide bonds. The molecule has 4 nitrogen and oxygen atoms in total. The topological polar surface area (TPSA) is 53.8 Å². The van der Waals surface area contributed by atoms with Gasteiger partial charge in [-0.2, -0.15) is 4.98 Å². The van der Waals surface area contributed by atoms with Crippen molar-refractivity contribution in [3.8, 4) is 5.69 Å². The molecule has 0 bridgehead atoms. The summed E-state index contributed by atoms with van der Waals surface area (Å²) in [4.78, 5) is 4.15. The second-order valence-electron chi connectivity index (χ2n) is 3.50. The zero-order valence-corrected chi connectivity index (χ0v) is 11.9. The Balaban J connectivity index is 2.44. The van der Waals surface area contributed by atoms with E-state index in [4.69, 9.17) is 23.2 Å². The first kappa shape index (κ1) is 13.7. The molecule has 0 fully saturated rings. The predicted octanol–water partition coefficient (Wildman–Crippen LogP) is 2.82. The van der Waals surface area contributed by atoms with Gasteiger partial charge in [0.2, 0.25) is 0 Å². The summed E-state index contributed by atoms with van der Waals surface area (Å²) in [5.74, 6) is 0.871. The zero-order valence-electron chi connectivity index (χ0n) is 9.56. The summed E-state index contributed by atoms with van der Waals surface area (Å²) in [6.07, 6.45) is 0. The highest BCUT2D eigenvalue weighted by atomic mass is 35.5. The summed E-state index contributed by atoms with van der Waals surface area (Å²) in [5, 5.41) is 5.36. The first-order chi connectivity index (χ1) is 8.52. The second kappa shape index (κ2) is 5.48. The van der Waals surface area contributed by atoms with Crippen molar-refractivity contribution in [3.63, 3.8) is 0 Å². The van der Waals surface area contributed by atoms with E-state index in [9.17, 15) is 4.55 Å². The van der Waals surface area contributed by atoms with E-state index in [0.29, 0.717) is 15.9 Å². The van der Waals surface area contributed by atoms with Gasteiger partial charge in [-0.05, 0) is 32.0 Å². The number of benzene rings is 1. The summed E-state index contributed by atoms with van der Waals surface area (Å²) in [6, 6.07) is 5.13. The van der Waals surface area contributed by atoms with Gasteiger partial charge in [-0.25, -0.2) is 4.68 Å². The average molecular weight is 303 g/mol. The van der Waals surface area contributed by atoms with E-state index in [2.05, 4.69) is 17.0 Å². The normalized spacial score (nSPS) is 12.7. The second-order valence-corrected chi connectivity index (χ2v) is 5.78. The van der Waals surface area contributed by atoms with Crippen LogP contribution in [0.25, 0.3) is 5.69 Å². The minimum atomic E-state index is -1.28. The van der Waals surface area contributed by atoms with Crippen molar-refractivity contribution in [2.24, 2.45) is 0 Å². The van der Waals surface area contributed by atoms with Gasteiger partial charge in [-0.1, -0.05) is 28.3 Å². The van der Waals surface area contributed by atoms with Crippen molar-refractivity contribution in [3.05, 3.63) is 41.0 Å². The van der Waals surface area contributed by atoms with E-state index in [0.717, 1.165) is 5.69 Å². The third-order valence-corrected chi connectivity index (χ3v) is 3.98. The van der Waals surface area contributed by atoms with Crippen LogP contribution in [0.4, 0.5) is 0 Å². The Labute approximate surface area is 118 Å². The maximum absolute atomic E-state index is 11.6. The predicted molar refractivity (Wildman–Crippen MR) is 72.7 cm³/mol. The molecule has 0 aliphatic heterocycles. The smallest absolute Gasteiger partial charge is 0.361 e. The summed E-state index contributed by atoms with van der Waals surface area (Å²) >= 11 is 10.5. The van der Waals surface area contributed by atoms with Crippen LogP contribution >= 0.6 is 23.2 Å². The van der Waals surface area contributed by atoms with Crippen LogP contribution < -0.4 is 0 Å². The van der Waals surface area contributed by atoms with Gasteiger partial charge in [0.15, 0.2) is 0 Å². The maximum Gasteiger partial charge on any atom is 0.361 e. The van der Waals surface area contributed by atoms with Crippen LogP contribution in [0.5, 0.6) is 0 Å². The Morgan fingerprint density at radius 2 is 2.11 bits per heavy atom. The molecule has 7 heteroatoms. The summed E-state index contributed by atoms with van der Waals surface area (Å²) in [7, 11) is 0. The first-order valence-electron chi connectivity index (χ1n) is 5.09. The lowest BCUT2D eigenvalue weighted by Crippen LogP contribution is -2.07. The number of aromatic nitrogens is 3. The van der Waals surface area contributed by atoms with E-state index in [1.165, 1.54) is 0 Å². The fourth-order valence-corrected chi connectivity index (χ4v) is 2.30. The molecule has 2 rings (SSSR count). The fourth-order valence-electron chi connectivity index (χ4n) is 1.42. The monoisotopic (exact) mass is 302 g/mol. The molecule has 1 unspecified atom stereocenters. The van der Waals surface area contributed by atoms with Gasteiger partial charge in [0, 0.05) is 11.2 Å². The number of hydrogen-bond acceptors (Lipinski definition) is 3. The van der Waals surface area contributed by atoms with Crippen LogP contribution in [0.3, 0.4) is 0 Å². The van der Waals surface area contributed by atoms with E-state index in [1.807, 2.05) is 0 Å². The molecule has 0 aliphatic rings. The highest BCUT2D eigenvalue weighted by molar-refractivity contribution is 7.91. The minimum Gasteiger partial charge on any atom is -0.609 e. The molecule has 18 heavy (non-hydrogen) atoms. The van der Waals surface area contributed by atoms with Crippen LogP contribution in [0.15, 0.2) is 23.4 Å². The van der Waals surface area contributed by atoms with Crippen molar-refractivity contribution in [1.29, 1.82) is 0 Å². The summed E-state index contributed by atoms with van der Waals surface area (Å²) in [5.41, 5.74) is 0.724. The molecule has 1 aromatic heterocycles. The molecule has 1 atom stereocenters. The maximum atomic E-state index is 11.6. The largest absolute Gasteiger partial charge is 0.609 e. The molecule has 0 saturated heterocycles. The van der Waals surface area contributed by atoms with E-state index in [-0.39, 0.29) is 10.9 Å². The van der Waals surface area contributed by atoms with Crippen LogP contribution in [-0.4, -0.2) is 25.1 Å². The first-order valence-corrected chi connectivity index (χ1v) is 7.17. The van der Waals surface area contributed by atoms with Gasteiger partial charge in [0.25, 0.3) is 0 Å². The third-order valence-electron chi connectivity index (χ3n) is 2.29. The lowest BCUT2D eigenvalue weighted by atomic mass is 10.3. The fraction of sp³-hybridized carbons (Fsp3) is 0.182. The Morgan fingerprint density at radius 1 is 1.39 bits per heavy atom. The molecule has 0 saturated carbocycles. The summed E-state index contributed by atoms with van der Waals surface area (Å²) in [6.45, 7) is 5.35. The molecule has 0 aliphatic carbocycles. The zero-order chi connectivity index (χ0) is 13.3. The van der Waals surface area contributed by atoms with Crippen molar-refractivity contribution < 1.29 is 4.55 Å². The van der Waals surface area contributed by atoms with Gasteiger partial charge in [-0.3, -0.25) is 0 Å². The number of halogens is 2. The van der Waals surface area contributed by atoms with E-state index >= 15 is 0 Å². The van der Waals surface area contributed by atoms with Crippen molar-refractivity contribution in [2.45, 2.75) is 12.1 Å². The molecule has 0 spiro atoms. The van der Waals surface area contributed by atoms with E-state index < -0.39 is 11.2 Å². The van der Waals surface area contributed by atoms with Gasteiger partial charge in [-0.15, -0.1) is 0 Å². The van der Waals surface area contributed by atoms with Crippen molar-refractivity contribution in [2.75, 3.05) is 5.75 Å². The Bertz CT molecular complexity index is 573. The standard InChI is InChI=1S/C11H10Cl2N3OS/c1-3-18(17)11-14-7(2)16(15-11)8-4-5-9(12)10(13)6-8/h4-6H,1,3H2,2H3. The summed E-state index contributed by atoms with van der Waals surface area (Å²) < 4.78 is 13.2. The molecule has 1 aromatic carbocycles. The Hall–Kier alpha value is -0.750. The molecule has 1 heterocycles. The number of hydrogen-bond donors (Lipinski definition) is 0. The van der Waals surface area contributed by atoms with E-state index in [1.54, 1.807) is 29.8 Å². The number of aryl methyl sites for hydroxylation is 1. The molecular formula is C11H10Cl2N3OS. The SMILES string of the molecule is [CH2]C[S+]([O-])c1nc(C)n(-c2ccc(Cl)c(Cl)c2)n1. The number of rotatable bonds is 3. The molecule has 1 radical (unpaired) electrons.